The average Bonchev–Trinajstić information content (AvgIpc) is 3.42. The van der Waals surface area contributed by atoms with Gasteiger partial charge in [0.15, 0.2) is 11.5 Å². The zero-order valence-electron chi connectivity index (χ0n) is 16.4. The number of rotatable bonds is 5. The number of allylic oxidation sites excluding steroid dienone is 1. The summed E-state index contributed by atoms with van der Waals surface area (Å²) >= 11 is 0. The summed E-state index contributed by atoms with van der Waals surface area (Å²) in [6.45, 7) is 0. The second-order valence-electron chi connectivity index (χ2n) is 7.07. The van der Waals surface area contributed by atoms with Gasteiger partial charge in [-0.2, -0.15) is 5.10 Å². The Bertz CT molecular complexity index is 1360. The van der Waals surface area contributed by atoms with Gasteiger partial charge in [0.1, 0.15) is 17.1 Å². The summed E-state index contributed by atoms with van der Waals surface area (Å²) < 4.78 is 20.9. The number of furan rings is 1. The molecule has 0 unspecified atom stereocenters. The van der Waals surface area contributed by atoms with Crippen molar-refractivity contribution < 1.29 is 13.6 Å². The Morgan fingerprint density at radius 3 is 2.45 bits per heavy atom. The lowest BCUT2D eigenvalue weighted by molar-refractivity contribution is 0.104. The van der Waals surface area contributed by atoms with Crippen LogP contribution in [0.2, 0.25) is 0 Å². The number of carbonyl (C=O) groups is 1. The van der Waals surface area contributed by atoms with E-state index in [0.717, 1.165) is 22.2 Å². The molecule has 5 rings (SSSR count). The van der Waals surface area contributed by atoms with Crippen LogP contribution >= 0.6 is 0 Å². The Morgan fingerprint density at radius 2 is 1.68 bits per heavy atom. The number of halogens is 1. The smallest absolute Gasteiger partial charge is 0.185 e. The van der Waals surface area contributed by atoms with E-state index in [9.17, 15) is 9.18 Å². The second-order valence-corrected chi connectivity index (χ2v) is 7.07. The maximum Gasteiger partial charge on any atom is 0.185 e. The molecule has 5 aromatic rings. The number of nitrogens with zero attached hydrogens (tertiary/aromatic N) is 2. The van der Waals surface area contributed by atoms with E-state index in [1.54, 1.807) is 10.8 Å². The molecule has 0 radical (unpaired) electrons. The normalized spacial score (nSPS) is 11.4. The Hall–Kier alpha value is -4.25. The van der Waals surface area contributed by atoms with Crippen molar-refractivity contribution in [3.05, 3.63) is 114 Å². The molecule has 0 aliphatic carbocycles. The van der Waals surface area contributed by atoms with Crippen molar-refractivity contribution in [2.45, 2.75) is 0 Å². The van der Waals surface area contributed by atoms with Gasteiger partial charge in [0.25, 0.3) is 0 Å². The van der Waals surface area contributed by atoms with Crippen molar-refractivity contribution in [1.29, 1.82) is 0 Å². The van der Waals surface area contributed by atoms with Crippen LogP contribution in [0.25, 0.3) is 34.2 Å². The molecule has 0 aliphatic rings. The molecule has 2 aromatic heterocycles. The summed E-state index contributed by atoms with van der Waals surface area (Å²) in [5.74, 6) is 0.0182. The molecular formula is C26H17FN2O2. The molecule has 3 aromatic carbocycles. The van der Waals surface area contributed by atoms with E-state index in [0.29, 0.717) is 17.0 Å². The third-order valence-corrected chi connectivity index (χ3v) is 4.97. The highest BCUT2D eigenvalue weighted by molar-refractivity contribution is 6.07. The Kier molecular flexibility index (Phi) is 4.77. The van der Waals surface area contributed by atoms with Crippen LogP contribution in [0.1, 0.15) is 15.9 Å². The minimum Gasteiger partial charge on any atom is -0.454 e. The molecule has 31 heavy (non-hydrogen) atoms. The average molecular weight is 408 g/mol. The maximum absolute atomic E-state index is 13.1. The summed E-state index contributed by atoms with van der Waals surface area (Å²) in [5, 5.41) is 5.70. The summed E-state index contributed by atoms with van der Waals surface area (Å²) in [4.78, 5) is 12.5. The van der Waals surface area contributed by atoms with Gasteiger partial charge in [0.05, 0.1) is 5.69 Å². The lowest BCUT2D eigenvalue weighted by Crippen LogP contribution is -1.93. The van der Waals surface area contributed by atoms with E-state index < -0.39 is 0 Å². The first-order valence-corrected chi connectivity index (χ1v) is 9.79. The van der Waals surface area contributed by atoms with Crippen LogP contribution < -0.4 is 0 Å². The largest absolute Gasteiger partial charge is 0.454 e. The number of aromatic nitrogens is 2. The van der Waals surface area contributed by atoms with E-state index in [2.05, 4.69) is 0 Å². The van der Waals surface area contributed by atoms with E-state index >= 15 is 0 Å². The van der Waals surface area contributed by atoms with Crippen molar-refractivity contribution >= 4 is 22.8 Å². The van der Waals surface area contributed by atoms with Crippen molar-refractivity contribution in [2.24, 2.45) is 0 Å². The van der Waals surface area contributed by atoms with E-state index in [-0.39, 0.29) is 11.6 Å². The first kappa shape index (κ1) is 18.8. The van der Waals surface area contributed by atoms with Crippen molar-refractivity contribution in [2.75, 3.05) is 0 Å². The van der Waals surface area contributed by atoms with Gasteiger partial charge in [-0.25, -0.2) is 9.07 Å². The number of hydrogen-bond donors (Lipinski definition) is 0. The summed E-state index contributed by atoms with van der Waals surface area (Å²) in [6, 6.07) is 24.9. The predicted octanol–water partition coefficient (Wildman–Crippen LogP) is 6.32. The number of ketones is 1. The van der Waals surface area contributed by atoms with E-state index in [4.69, 9.17) is 9.52 Å². The monoisotopic (exact) mass is 408 g/mol. The first-order chi connectivity index (χ1) is 15.2. The highest BCUT2D eigenvalue weighted by atomic mass is 19.1. The molecule has 0 aliphatic heterocycles. The third-order valence-electron chi connectivity index (χ3n) is 4.97. The van der Waals surface area contributed by atoms with Crippen LogP contribution in [0.4, 0.5) is 4.39 Å². The van der Waals surface area contributed by atoms with Crippen LogP contribution in [0.15, 0.2) is 102 Å². The molecular weight excluding hydrogens is 391 g/mol. The Balaban J connectivity index is 1.57. The Labute approximate surface area is 177 Å². The van der Waals surface area contributed by atoms with Crippen molar-refractivity contribution in [3.63, 3.8) is 0 Å². The minimum absolute atomic E-state index is 0.219. The number of carbonyl (C=O) groups excluding carboxylic acids is 1. The van der Waals surface area contributed by atoms with Gasteiger partial charge < -0.3 is 4.42 Å². The lowest BCUT2D eigenvalue weighted by atomic mass is 10.1. The van der Waals surface area contributed by atoms with Crippen LogP contribution in [-0.2, 0) is 0 Å². The molecule has 0 spiro atoms. The molecule has 0 saturated carbocycles. The molecule has 0 N–H and O–H groups in total. The fourth-order valence-electron chi connectivity index (χ4n) is 3.39. The van der Waals surface area contributed by atoms with Crippen LogP contribution in [0.3, 0.4) is 0 Å². The van der Waals surface area contributed by atoms with Gasteiger partial charge in [0.2, 0.25) is 0 Å². The topological polar surface area (TPSA) is 48.0 Å². The predicted molar refractivity (Wildman–Crippen MR) is 119 cm³/mol. The van der Waals surface area contributed by atoms with E-state index in [1.165, 1.54) is 30.3 Å². The van der Waals surface area contributed by atoms with Gasteiger partial charge in [0, 0.05) is 22.7 Å². The maximum atomic E-state index is 13.1. The first-order valence-electron chi connectivity index (χ1n) is 9.79. The lowest BCUT2D eigenvalue weighted by Gasteiger charge is -1.98. The molecule has 150 valence electrons. The zero-order valence-corrected chi connectivity index (χ0v) is 16.4. The summed E-state index contributed by atoms with van der Waals surface area (Å²) in [6.07, 6.45) is 5.03. The van der Waals surface area contributed by atoms with Crippen LogP contribution in [-0.4, -0.2) is 15.6 Å². The van der Waals surface area contributed by atoms with E-state index in [1.807, 2.05) is 66.9 Å². The summed E-state index contributed by atoms with van der Waals surface area (Å²) in [7, 11) is 0. The van der Waals surface area contributed by atoms with Crippen LogP contribution in [0.5, 0.6) is 0 Å². The second kappa shape index (κ2) is 7.88. The molecule has 2 heterocycles. The molecule has 0 atom stereocenters. The van der Waals surface area contributed by atoms with Gasteiger partial charge in [-0.15, -0.1) is 0 Å². The SMILES string of the molecule is O=C(/C=C\c1cn(-c2ccccc2)nc1-c1cc2ccccc2o1)c1ccc(F)cc1. The minimum atomic E-state index is -0.378. The molecule has 0 saturated heterocycles. The van der Waals surface area contributed by atoms with Gasteiger partial charge in [-0.05, 0) is 60.7 Å². The van der Waals surface area contributed by atoms with Gasteiger partial charge in [-0.1, -0.05) is 36.4 Å². The van der Waals surface area contributed by atoms with Crippen molar-refractivity contribution in [1.82, 2.24) is 9.78 Å². The number of fused-ring (bicyclic) bond motifs is 1. The standard InChI is InChI=1S/C26H17FN2O2/c27-21-13-10-18(11-14-21)23(30)15-12-20-17-29(22-7-2-1-3-8-22)28-26(20)25-16-19-6-4-5-9-24(19)31-25/h1-17H/b15-12-. The highest BCUT2D eigenvalue weighted by Gasteiger charge is 2.15. The van der Waals surface area contributed by atoms with Gasteiger partial charge >= 0.3 is 0 Å². The number of hydrogen-bond acceptors (Lipinski definition) is 3. The fourth-order valence-corrected chi connectivity index (χ4v) is 3.39. The van der Waals surface area contributed by atoms with Crippen molar-refractivity contribution in [3.8, 4) is 17.1 Å². The Morgan fingerprint density at radius 1 is 0.935 bits per heavy atom. The molecule has 0 amide bonds. The zero-order chi connectivity index (χ0) is 21.2. The molecule has 5 heteroatoms. The highest BCUT2D eigenvalue weighted by Crippen LogP contribution is 2.30. The molecule has 0 fully saturated rings. The third kappa shape index (κ3) is 3.81. The quantitative estimate of drug-likeness (QED) is 0.252. The molecule has 4 nitrogen and oxygen atoms in total. The number of para-hydroxylation sites is 2. The molecule has 0 bridgehead atoms. The van der Waals surface area contributed by atoms with Crippen LogP contribution in [0, 0.1) is 5.82 Å². The number of benzene rings is 3. The van der Waals surface area contributed by atoms with Gasteiger partial charge in [-0.3, -0.25) is 4.79 Å². The fraction of sp³-hybridized carbons (Fsp3) is 0. The summed E-state index contributed by atoms with van der Waals surface area (Å²) in [5.41, 5.74) is 3.44.